The molecular weight excluding hydrogens is 463 g/mol. The first kappa shape index (κ1) is 24.8. The molecule has 0 saturated carbocycles. The molecule has 0 bridgehead atoms. The van der Waals surface area contributed by atoms with Crippen LogP contribution in [0.3, 0.4) is 0 Å². The largest absolute Gasteiger partial charge is 0.476 e. The van der Waals surface area contributed by atoms with E-state index in [-0.39, 0.29) is 40.4 Å². The van der Waals surface area contributed by atoms with Gasteiger partial charge in [0, 0.05) is 24.4 Å². The number of urea groups is 1. The van der Waals surface area contributed by atoms with Gasteiger partial charge in [0.1, 0.15) is 5.69 Å². The number of pyridine rings is 1. The van der Waals surface area contributed by atoms with Crippen LogP contribution in [0.2, 0.25) is 0 Å². The van der Waals surface area contributed by atoms with Gasteiger partial charge in [-0.2, -0.15) is 13.2 Å². The van der Waals surface area contributed by atoms with Gasteiger partial charge in [-0.05, 0) is 37.1 Å². The van der Waals surface area contributed by atoms with Crippen molar-refractivity contribution in [3.63, 3.8) is 0 Å². The van der Waals surface area contributed by atoms with Gasteiger partial charge in [-0.25, -0.2) is 18.2 Å². The molecule has 1 unspecified atom stereocenters. The van der Waals surface area contributed by atoms with E-state index in [1.165, 1.54) is 12.1 Å². The van der Waals surface area contributed by atoms with E-state index >= 15 is 0 Å². The number of nitrogens with one attached hydrogen (secondary N) is 2. The van der Waals surface area contributed by atoms with Crippen LogP contribution in [0.4, 0.5) is 29.3 Å². The molecule has 2 amide bonds. The van der Waals surface area contributed by atoms with Gasteiger partial charge in [-0.15, -0.1) is 0 Å². The van der Waals surface area contributed by atoms with E-state index in [9.17, 15) is 26.4 Å². The van der Waals surface area contributed by atoms with Gasteiger partial charge < -0.3 is 20.1 Å². The van der Waals surface area contributed by atoms with Crippen molar-refractivity contribution in [2.75, 3.05) is 36.2 Å². The Bertz CT molecular complexity index is 1090. The summed E-state index contributed by atoms with van der Waals surface area (Å²) in [5.74, 6) is 0.0168. The minimum absolute atomic E-state index is 0.00320. The topological polar surface area (TPSA) is 107 Å². The molecule has 12 heteroatoms. The number of ether oxygens (including phenoxy) is 2. The summed E-state index contributed by atoms with van der Waals surface area (Å²) in [6.45, 7) is 3.09. The van der Waals surface area contributed by atoms with Crippen molar-refractivity contribution in [2.45, 2.75) is 30.8 Å². The lowest BCUT2D eigenvalue weighted by molar-refractivity contribution is -0.137. The summed E-state index contributed by atoms with van der Waals surface area (Å²) in [6.07, 6.45) is -2.23. The van der Waals surface area contributed by atoms with Crippen LogP contribution in [0, 0.1) is 5.92 Å². The first-order valence-corrected chi connectivity index (χ1v) is 11.9. The Morgan fingerprint density at radius 1 is 1.27 bits per heavy atom. The van der Waals surface area contributed by atoms with Gasteiger partial charge in [0.2, 0.25) is 5.88 Å². The normalized spacial score (nSPS) is 16.4. The van der Waals surface area contributed by atoms with E-state index in [0.717, 1.165) is 30.8 Å². The summed E-state index contributed by atoms with van der Waals surface area (Å²) in [5.41, 5.74) is -1.02. The average molecular weight is 488 g/mol. The second-order valence-corrected chi connectivity index (χ2v) is 9.65. The lowest BCUT2D eigenvalue weighted by atomic mass is 10.1. The number of halogens is 3. The number of sulfone groups is 1. The molecule has 1 aliphatic rings. The quantitative estimate of drug-likeness (QED) is 0.574. The highest BCUT2D eigenvalue weighted by molar-refractivity contribution is 7.91. The van der Waals surface area contributed by atoms with Crippen LogP contribution in [0.25, 0.3) is 0 Å². The summed E-state index contributed by atoms with van der Waals surface area (Å²) >= 11 is 0. The molecule has 1 saturated heterocycles. The fourth-order valence-corrected chi connectivity index (χ4v) is 4.45. The Labute approximate surface area is 189 Å². The second kappa shape index (κ2) is 10.4. The maximum absolute atomic E-state index is 12.9. The Balaban J connectivity index is 1.81. The molecule has 0 spiro atoms. The number of nitrogens with zero attached hydrogens (tertiary/aromatic N) is 1. The van der Waals surface area contributed by atoms with E-state index in [0.29, 0.717) is 19.6 Å². The molecule has 33 heavy (non-hydrogen) atoms. The number of hydrogen-bond acceptors (Lipinski definition) is 6. The van der Waals surface area contributed by atoms with E-state index in [1.807, 2.05) is 0 Å². The van der Waals surface area contributed by atoms with Crippen molar-refractivity contribution in [1.29, 1.82) is 0 Å². The minimum atomic E-state index is -4.56. The van der Waals surface area contributed by atoms with E-state index in [4.69, 9.17) is 9.47 Å². The van der Waals surface area contributed by atoms with Gasteiger partial charge >= 0.3 is 12.2 Å². The molecule has 0 radical (unpaired) electrons. The lowest BCUT2D eigenvalue weighted by Crippen LogP contribution is -2.22. The molecule has 180 valence electrons. The molecule has 1 fully saturated rings. The van der Waals surface area contributed by atoms with Gasteiger partial charge in [0.05, 0.1) is 29.4 Å². The van der Waals surface area contributed by atoms with Crippen molar-refractivity contribution in [3.05, 3.63) is 42.1 Å². The number of amides is 2. The summed E-state index contributed by atoms with van der Waals surface area (Å²) < 4.78 is 74.6. The average Bonchev–Trinajstić information content (AvgIpc) is 3.26. The molecule has 2 heterocycles. The Morgan fingerprint density at radius 3 is 2.73 bits per heavy atom. The highest BCUT2D eigenvalue weighted by Crippen LogP contribution is 2.31. The van der Waals surface area contributed by atoms with Crippen molar-refractivity contribution in [3.8, 4) is 5.88 Å². The zero-order valence-electron chi connectivity index (χ0n) is 17.8. The predicted octanol–water partition coefficient (Wildman–Crippen LogP) is 4.34. The number of benzene rings is 1. The highest BCUT2D eigenvalue weighted by Gasteiger charge is 2.30. The second-order valence-electron chi connectivity index (χ2n) is 7.54. The maximum atomic E-state index is 12.9. The number of carbonyl (C=O) groups is 1. The number of carbonyl (C=O) groups excluding carboxylic acids is 1. The molecule has 0 aliphatic carbocycles. The van der Waals surface area contributed by atoms with Crippen molar-refractivity contribution in [2.24, 2.45) is 5.92 Å². The SMILES string of the molecule is CCCS(=O)(=O)c1cnc(OCC2CCOC2)c(NC(=O)Nc2cccc(C(F)(F)F)c2)c1. The van der Waals surface area contributed by atoms with Gasteiger partial charge in [0.25, 0.3) is 0 Å². The number of anilines is 2. The number of rotatable bonds is 8. The highest BCUT2D eigenvalue weighted by atomic mass is 32.2. The minimum Gasteiger partial charge on any atom is -0.476 e. The third-order valence-electron chi connectivity index (χ3n) is 4.83. The molecule has 8 nitrogen and oxygen atoms in total. The van der Waals surface area contributed by atoms with Gasteiger partial charge in [-0.3, -0.25) is 0 Å². The monoisotopic (exact) mass is 487 g/mol. The summed E-state index contributed by atoms with van der Waals surface area (Å²) in [5, 5.41) is 4.74. The lowest BCUT2D eigenvalue weighted by Gasteiger charge is -2.16. The molecule has 2 aromatic rings. The summed E-state index contributed by atoms with van der Waals surface area (Å²) in [7, 11) is -3.63. The standard InChI is InChI=1S/C21H24F3N3O5S/c1-2-8-33(29,30)17-10-18(19(25-11-17)32-13-14-6-7-31-12-14)27-20(28)26-16-5-3-4-15(9-16)21(22,23)24/h3-5,9-11,14H,2,6-8,12-13H2,1H3,(H2,26,27,28). The van der Waals surface area contributed by atoms with Crippen LogP contribution >= 0.6 is 0 Å². The van der Waals surface area contributed by atoms with Crippen LogP contribution in [0.1, 0.15) is 25.3 Å². The Morgan fingerprint density at radius 2 is 2.06 bits per heavy atom. The van der Waals surface area contributed by atoms with Crippen LogP contribution in [0.15, 0.2) is 41.4 Å². The molecule has 1 aromatic carbocycles. The first-order valence-electron chi connectivity index (χ1n) is 10.3. The number of alkyl halides is 3. The van der Waals surface area contributed by atoms with Gasteiger partial charge in [0.15, 0.2) is 9.84 Å². The van der Waals surface area contributed by atoms with Crippen LogP contribution in [0.5, 0.6) is 5.88 Å². The molecule has 1 aromatic heterocycles. The van der Waals surface area contributed by atoms with Crippen LogP contribution in [-0.4, -0.2) is 45.0 Å². The fourth-order valence-electron chi connectivity index (χ4n) is 3.16. The molecule has 1 aliphatic heterocycles. The number of aromatic nitrogens is 1. The molecule has 1 atom stereocenters. The van der Waals surface area contributed by atoms with E-state index in [1.54, 1.807) is 6.92 Å². The molecule has 2 N–H and O–H groups in total. The number of hydrogen-bond donors (Lipinski definition) is 2. The predicted molar refractivity (Wildman–Crippen MR) is 115 cm³/mol. The van der Waals surface area contributed by atoms with Crippen molar-refractivity contribution < 1.29 is 35.9 Å². The first-order chi connectivity index (χ1) is 15.6. The van der Waals surface area contributed by atoms with Crippen molar-refractivity contribution in [1.82, 2.24) is 4.98 Å². The van der Waals surface area contributed by atoms with E-state index < -0.39 is 27.6 Å². The Kier molecular flexibility index (Phi) is 7.80. The zero-order chi connectivity index (χ0) is 24.1. The van der Waals surface area contributed by atoms with Crippen molar-refractivity contribution >= 4 is 27.2 Å². The van der Waals surface area contributed by atoms with Crippen LogP contribution < -0.4 is 15.4 Å². The fraction of sp³-hybridized carbons (Fsp3) is 0.429. The maximum Gasteiger partial charge on any atom is 0.416 e. The van der Waals surface area contributed by atoms with Gasteiger partial charge in [-0.1, -0.05) is 13.0 Å². The third-order valence-corrected chi connectivity index (χ3v) is 6.72. The summed E-state index contributed by atoms with van der Waals surface area (Å²) in [6, 6.07) is 4.48. The third kappa shape index (κ3) is 6.81. The molecule has 3 rings (SSSR count). The smallest absolute Gasteiger partial charge is 0.416 e. The Hall–Kier alpha value is -2.86. The molecular formula is C21H24F3N3O5S. The van der Waals surface area contributed by atoms with E-state index in [2.05, 4.69) is 15.6 Å². The van der Waals surface area contributed by atoms with Crippen LogP contribution in [-0.2, 0) is 20.8 Å². The summed E-state index contributed by atoms with van der Waals surface area (Å²) in [4.78, 5) is 16.4. The zero-order valence-corrected chi connectivity index (χ0v) is 18.6.